The minimum absolute atomic E-state index is 0.0606. The molecule has 2 rings (SSSR count). The molecular formula is C15H19N3O2. The lowest BCUT2D eigenvalue weighted by atomic mass is 10.0. The Morgan fingerprint density at radius 1 is 1.20 bits per heavy atom. The van der Waals surface area contributed by atoms with E-state index in [0.717, 1.165) is 16.9 Å². The van der Waals surface area contributed by atoms with Gasteiger partial charge in [-0.15, -0.1) is 0 Å². The van der Waals surface area contributed by atoms with Crippen LogP contribution in [-0.4, -0.2) is 35.0 Å². The molecule has 2 aromatic rings. The lowest BCUT2D eigenvalue weighted by Crippen LogP contribution is -2.11. The number of carbonyl (C=O) groups is 1. The number of aryl methyl sites for hydroxylation is 3. The van der Waals surface area contributed by atoms with Gasteiger partial charge in [-0.3, -0.25) is 4.68 Å². The summed E-state index contributed by atoms with van der Waals surface area (Å²) in [4.78, 5) is 13.1. The maximum absolute atomic E-state index is 11.1. The molecule has 0 saturated carbocycles. The van der Waals surface area contributed by atoms with Gasteiger partial charge in [0, 0.05) is 32.4 Å². The minimum Gasteiger partial charge on any atom is -0.476 e. The molecule has 1 heterocycles. The summed E-state index contributed by atoms with van der Waals surface area (Å²) in [5, 5.41) is 13.1. The van der Waals surface area contributed by atoms with Crippen LogP contribution in [0.2, 0.25) is 0 Å². The van der Waals surface area contributed by atoms with E-state index in [2.05, 4.69) is 24.2 Å². The van der Waals surface area contributed by atoms with Gasteiger partial charge in [0.1, 0.15) is 0 Å². The quantitative estimate of drug-likeness (QED) is 0.933. The summed E-state index contributed by atoms with van der Waals surface area (Å²) in [5.74, 6) is -1.01. The van der Waals surface area contributed by atoms with Gasteiger partial charge in [0.05, 0.1) is 5.69 Å². The number of anilines is 1. The summed E-state index contributed by atoms with van der Waals surface area (Å²) in [6, 6.07) is 5.80. The van der Waals surface area contributed by atoms with E-state index in [4.69, 9.17) is 5.11 Å². The third-order valence-corrected chi connectivity index (χ3v) is 3.47. The molecule has 0 aliphatic carbocycles. The molecule has 20 heavy (non-hydrogen) atoms. The van der Waals surface area contributed by atoms with Crippen LogP contribution in [0.3, 0.4) is 0 Å². The predicted octanol–water partition coefficient (Wildman–Crippen LogP) is 2.47. The van der Waals surface area contributed by atoms with E-state index in [-0.39, 0.29) is 5.69 Å². The molecule has 0 unspecified atom stereocenters. The van der Waals surface area contributed by atoms with Gasteiger partial charge in [0.2, 0.25) is 0 Å². The van der Waals surface area contributed by atoms with Crippen molar-refractivity contribution in [2.75, 3.05) is 19.0 Å². The Labute approximate surface area is 118 Å². The molecule has 1 aromatic carbocycles. The highest BCUT2D eigenvalue weighted by Gasteiger charge is 2.17. The highest BCUT2D eigenvalue weighted by Crippen LogP contribution is 2.32. The number of rotatable bonds is 3. The third-order valence-electron chi connectivity index (χ3n) is 3.47. The first-order valence-corrected chi connectivity index (χ1v) is 6.37. The number of aromatic nitrogens is 2. The van der Waals surface area contributed by atoms with Crippen molar-refractivity contribution >= 4 is 11.7 Å². The van der Waals surface area contributed by atoms with Crippen LogP contribution in [0.5, 0.6) is 0 Å². The smallest absolute Gasteiger partial charge is 0.356 e. The van der Waals surface area contributed by atoms with Gasteiger partial charge in [-0.1, -0.05) is 0 Å². The highest BCUT2D eigenvalue weighted by atomic mass is 16.4. The summed E-state index contributed by atoms with van der Waals surface area (Å²) >= 11 is 0. The summed E-state index contributed by atoms with van der Waals surface area (Å²) in [5.41, 5.74) is 5.27. The largest absolute Gasteiger partial charge is 0.476 e. The molecule has 5 nitrogen and oxygen atoms in total. The van der Waals surface area contributed by atoms with Gasteiger partial charge in [0.25, 0.3) is 0 Å². The van der Waals surface area contributed by atoms with Gasteiger partial charge in [0.15, 0.2) is 5.69 Å². The Morgan fingerprint density at radius 2 is 1.80 bits per heavy atom. The molecule has 0 aliphatic heterocycles. The van der Waals surface area contributed by atoms with Crippen LogP contribution in [0.15, 0.2) is 18.2 Å². The molecule has 0 amide bonds. The van der Waals surface area contributed by atoms with Crippen LogP contribution in [0, 0.1) is 13.8 Å². The zero-order valence-electron chi connectivity index (χ0n) is 12.4. The zero-order valence-corrected chi connectivity index (χ0v) is 12.4. The van der Waals surface area contributed by atoms with Gasteiger partial charge in [-0.05, 0) is 43.2 Å². The fourth-order valence-electron chi connectivity index (χ4n) is 2.20. The summed E-state index contributed by atoms with van der Waals surface area (Å²) in [6.07, 6.45) is 0. The average molecular weight is 273 g/mol. The van der Waals surface area contributed by atoms with Crippen LogP contribution < -0.4 is 4.90 Å². The van der Waals surface area contributed by atoms with Crippen molar-refractivity contribution in [1.82, 2.24) is 9.78 Å². The average Bonchev–Trinajstić information content (AvgIpc) is 2.74. The van der Waals surface area contributed by atoms with Gasteiger partial charge in [-0.25, -0.2) is 4.79 Å². The number of hydrogen-bond donors (Lipinski definition) is 1. The number of carboxylic acids is 1. The molecular weight excluding hydrogens is 254 g/mol. The van der Waals surface area contributed by atoms with E-state index in [9.17, 15) is 4.79 Å². The number of aromatic carboxylic acids is 1. The van der Waals surface area contributed by atoms with Crippen molar-refractivity contribution in [2.24, 2.45) is 7.05 Å². The predicted molar refractivity (Wildman–Crippen MR) is 79.4 cm³/mol. The Kier molecular flexibility index (Phi) is 3.53. The van der Waals surface area contributed by atoms with Crippen LogP contribution in [0.4, 0.5) is 5.69 Å². The first-order chi connectivity index (χ1) is 9.31. The maximum Gasteiger partial charge on any atom is 0.356 e. The Balaban J connectivity index is 2.68. The van der Waals surface area contributed by atoms with Crippen LogP contribution in [0.1, 0.15) is 21.6 Å². The molecule has 0 saturated heterocycles. The number of hydrogen-bond acceptors (Lipinski definition) is 3. The van der Waals surface area contributed by atoms with Crippen molar-refractivity contribution in [3.8, 4) is 11.3 Å². The molecule has 1 N–H and O–H groups in total. The molecule has 0 atom stereocenters. The first-order valence-electron chi connectivity index (χ1n) is 6.37. The number of benzene rings is 1. The second-order valence-electron chi connectivity index (χ2n) is 5.19. The summed E-state index contributed by atoms with van der Waals surface area (Å²) < 4.78 is 1.61. The van der Waals surface area contributed by atoms with E-state index < -0.39 is 5.97 Å². The molecule has 106 valence electrons. The lowest BCUT2D eigenvalue weighted by Gasteiger charge is -2.19. The molecule has 0 bridgehead atoms. The minimum atomic E-state index is -1.01. The standard InChI is InChI=1S/C15H19N3O2/c1-9-6-11(13(17(3)4)7-10(9)2)14-8-12(15(19)20)16-18(14)5/h6-8H,1-5H3,(H,19,20). The monoisotopic (exact) mass is 273 g/mol. The fraction of sp³-hybridized carbons (Fsp3) is 0.333. The Bertz CT molecular complexity index is 672. The Morgan fingerprint density at radius 3 is 2.30 bits per heavy atom. The number of nitrogens with zero attached hydrogens (tertiary/aromatic N) is 3. The van der Waals surface area contributed by atoms with E-state index in [1.165, 1.54) is 11.1 Å². The van der Waals surface area contributed by atoms with Crippen LogP contribution >= 0.6 is 0 Å². The van der Waals surface area contributed by atoms with Gasteiger partial charge < -0.3 is 10.0 Å². The molecule has 0 aliphatic rings. The van der Waals surface area contributed by atoms with Crippen molar-refractivity contribution in [3.63, 3.8) is 0 Å². The van der Waals surface area contributed by atoms with Gasteiger partial charge >= 0.3 is 5.97 Å². The van der Waals surface area contributed by atoms with Crippen LogP contribution in [-0.2, 0) is 7.05 Å². The van der Waals surface area contributed by atoms with Crippen molar-refractivity contribution in [1.29, 1.82) is 0 Å². The molecule has 0 fully saturated rings. The Hall–Kier alpha value is -2.30. The van der Waals surface area contributed by atoms with Crippen LogP contribution in [0.25, 0.3) is 11.3 Å². The second kappa shape index (κ2) is 5.00. The van der Waals surface area contributed by atoms with Crippen molar-refractivity contribution in [3.05, 3.63) is 35.0 Å². The lowest BCUT2D eigenvalue weighted by molar-refractivity contribution is 0.0689. The molecule has 5 heteroatoms. The van der Waals surface area contributed by atoms with E-state index in [1.54, 1.807) is 17.8 Å². The van der Waals surface area contributed by atoms with Crippen molar-refractivity contribution in [2.45, 2.75) is 13.8 Å². The molecule has 0 spiro atoms. The summed E-state index contributed by atoms with van der Waals surface area (Å²) in [7, 11) is 5.71. The van der Waals surface area contributed by atoms with E-state index in [1.807, 2.05) is 25.9 Å². The molecule has 1 aromatic heterocycles. The van der Waals surface area contributed by atoms with Crippen molar-refractivity contribution < 1.29 is 9.90 Å². The van der Waals surface area contributed by atoms with Gasteiger partial charge in [-0.2, -0.15) is 5.10 Å². The normalized spacial score (nSPS) is 10.7. The third kappa shape index (κ3) is 2.39. The fourth-order valence-corrected chi connectivity index (χ4v) is 2.20. The molecule has 0 radical (unpaired) electrons. The van der Waals surface area contributed by atoms with E-state index >= 15 is 0 Å². The maximum atomic E-state index is 11.1. The topological polar surface area (TPSA) is 58.4 Å². The highest BCUT2D eigenvalue weighted by molar-refractivity contribution is 5.88. The zero-order chi connectivity index (χ0) is 15.0. The van der Waals surface area contributed by atoms with E-state index in [0.29, 0.717) is 0 Å². The second-order valence-corrected chi connectivity index (χ2v) is 5.19. The number of carboxylic acid groups (broad SMARTS) is 1. The summed E-state index contributed by atoms with van der Waals surface area (Å²) in [6.45, 7) is 4.12. The first kappa shape index (κ1) is 14.1. The SMILES string of the molecule is Cc1cc(-c2cc(C(=O)O)nn2C)c(N(C)C)cc1C.